The van der Waals surface area contributed by atoms with Crippen molar-refractivity contribution in [1.29, 1.82) is 0 Å². The lowest BCUT2D eigenvalue weighted by Crippen LogP contribution is -2.50. The highest BCUT2D eigenvalue weighted by atomic mass is 32.2. The zero-order valence-electron chi connectivity index (χ0n) is 11.6. The SMILES string of the molecule is S=C1SCN(C2CCCCC2)CN1CC1CCCS1. The molecule has 0 aromatic carbocycles. The van der Waals surface area contributed by atoms with Gasteiger partial charge < -0.3 is 4.90 Å². The molecule has 0 N–H and O–H groups in total. The lowest BCUT2D eigenvalue weighted by molar-refractivity contribution is 0.128. The van der Waals surface area contributed by atoms with Gasteiger partial charge in [-0.3, -0.25) is 4.90 Å². The van der Waals surface area contributed by atoms with Gasteiger partial charge in [0.25, 0.3) is 0 Å². The Morgan fingerprint density at radius 1 is 1.11 bits per heavy atom. The molecule has 3 fully saturated rings. The molecule has 19 heavy (non-hydrogen) atoms. The molecule has 3 aliphatic rings. The van der Waals surface area contributed by atoms with E-state index in [2.05, 4.69) is 21.6 Å². The summed E-state index contributed by atoms with van der Waals surface area (Å²) < 4.78 is 1.14. The van der Waals surface area contributed by atoms with Crippen molar-refractivity contribution in [3.05, 3.63) is 0 Å². The summed E-state index contributed by atoms with van der Waals surface area (Å²) in [5.74, 6) is 2.47. The van der Waals surface area contributed by atoms with Crippen LogP contribution in [0.1, 0.15) is 44.9 Å². The zero-order chi connectivity index (χ0) is 13.1. The summed E-state index contributed by atoms with van der Waals surface area (Å²) in [6.07, 6.45) is 9.88. The van der Waals surface area contributed by atoms with E-state index in [0.717, 1.165) is 28.2 Å². The summed E-state index contributed by atoms with van der Waals surface area (Å²) in [7, 11) is 0. The standard InChI is InChI=1S/C14H24N2S3/c17-14-15(9-13-7-4-8-18-13)10-16(11-19-14)12-5-2-1-3-6-12/h12-13H,1-11H2. The van der Waals surface area contributed by atoms with Crippen molar-refractivity contribution in [3.8, 4) is 0 Å². The van der Waals surface area contributed by atoms with Crippen LogP contribution in [0, 0.1) is 0 Å². The maximum absolute atomic E-state index is 5.57. The molecule has 2 saturated heterocycles. The Kier molecular flexibility index (Phi) is 5.34. The van der Waals surface area contributed by atoms with Gasteiger partial charge in [0.2, 0.25) is 0 Å². The van der Waals surface area contributed by atoms with Gasteiger partial charge in [0.05, 0.1) is 12.5 Å². The molecule has 2 heterocycles. The summed E-state index contributed by atoms with van der Waals surface area (Å²) in [6, 6.07) is 0.822. The largest absolute Gasteiger partial charge is 0.343 e. The van der Waals surface area contributed by atoms with E-state index in [1.165, 1.54) is 57.2 Å². The van der Waals surface area contributed by atoms with Crippen molar-refractivity contribution >= 4 is 40.1 Å². The van der Waals surface area contributed by atoms with Crippen LogP contribution in [0.3, 0.4) is 0 Å². The third-order valence-corrected chi connectivity index (χ3v) is 7.46. The van der Waals surface area contributed by atoms with Crippen LogP contribution in [0.15, 0.2) is 0 Å². The molecule has 108 valence electrons. The number of thioether (sulfide) groups is 2. The van der Waals surface area contributed by atoms with E-state index in [1.807, 2.05) is 11.8 Å². The Labute approximate surface area is 131 Å². The number of hydrogen-bond donors (Lipinski definition) is 0. The molecule has 0 aromatic rings. The molecule has 0 amide bonds. The van der Waals surface area contributed by atoms with Crippen molar-refractivity contribution in [2.45, 2.75) is 56.2 Å². The van der Waals surface area contributed by atoms with Gasteiger partial charge in [-0.2, -0.15) is 11.8 Å². The molecular weight excluding hydrogens is 292 g/mol. The normalized spacial score (nSPS) is 31.1. The fraction of sp³-hybridized carbons (Fsp3) is 0.929. The first-order valence-corrected chi connectivity index (χ1v) is 10.0. The Hall–Kier alpha value is 0.550. The monoisotopic (exact) mass is 316 g/mol. The lowest BCUT2D eigenvalue weighted by atomic mass is 9.95. The first-order valence-electron chi connectivity index (χ1n) is 7.60. The topological polar surface area (TPSA) is 6.48 Å². The van der Waals surface area contributed by atoms with Crippen molar-refractivity contribution in [3.63, 3.8) is 0 Å². The summed E-state index contributed by atoms with van der Waals surface area (Å²) in [5.41, 5.74) is 0. The van der Waals surface area contributed by atoms with Gasteiger partial charge >= 0.3 is 0 Å². The van der Waals surface area contributed by atoms with Crippen LogP contribution < -0.4 is 0 Å². The fourth-order valence-electron chi connectivity index (χ4n) is 3.38. The molecule has 5 heteroatoms. The van der Waals surface area contributed by atoms with Crippen LogP contribution in [0.4, 0.5) is 0 Å². The van der Waals surface area contributed by atoms with Crippen LogP contribution in [0.5, 0.6) is 0 Å². The van der Waals surface area contributed by atoms with Gasteiger partial charge in [0, 0.05) is 17.8 Å². The third kappa shape index (κ3) is 3.80. The quantitative estimate of drug-likeness (QED) is 0.729. The van der Waals surface area contributed by atoms with Crippen LogP contribution in [-0.4, -0.2) is 50.3 Å². The van der Waals surface area contributed by atoms with E-state index >= 15 is 0 Å². The number of hydrogen-bond acceptors (Lipinski definition) is 4. The van der Waals surface area contributed by atoms with E-state index < -0.39 is 0 Å². The molecule has 3 rings (SSSR count). The van der Waals surface area contributed by atoms with Gasteiger partial charge in [-0.1, -0.05) is 43.2 Å². The molecule has 0 bridgehead atoms. The predicted octanol–water partition coefficient (Wildman–Crippen LogP) is 3.77. The van der Waals surface area contributed by atoms with E-state index in [4.69, 9.17) is 12.2 Å². The van der Waals surface area contributed by atoms with Crippen LogP contribution in [0.25, 0.3) is 0 Å². The molecule has 0 spiro atoms. The highest BCUT2D eigenvalue weighted by Gasteiger charge is 2.30. The molecular formula is C14H24N2S3. The van der Waals surface area contributed by atoms with Crippen molar-refractivity contribution in [2.24, 2.45) is 0 Å². The van der Waals surface area contributed by atoms with Crippen LogP contribution >= 0.6 is 35.7 Å². The second-order valence-corrected chi connectivity index (χ2v) is 8.91. The first kappa shape index (κ1) is 14.5. The highest BCUT2D eigenvalue weighted by Crippen LogP contribution is 2.31. The van der Waals surface area contributed by atoms with Crippen molar-refractivity contribution in [2.75, 3.05) is 24.8 Å². The highest BCUT2D eigenvalue weighted by molar-refractivity contribution is 8.22. The summed E-state index contributed by atoms with van der Waals surface area (Å²) in [5, 5.41) is 0.824. The molecule has 1 unspecified atom stereocenters. The van der Waals surface area contributed by atoms with Crippen molar-refractivity contribution in [1.82, 2.24) is 9.80 Å². The molecule has 1 aliphatic carbocycles. The van der Waals surface area contributed by atoms with Crippen LogP contribution in [-0.2, 0) is 0 Å². The molecule has 1 saturated carbocycles. The zero-order valence-corrected chi connectivity index (χ0v) is 14.0. The van der Waals surface area contributed by atoms with E-state index in [-0.39, 0.29) is 0 Å². The van der Waals surface area contributed by atoms with Gasteiger partial charge in [-0.25, -0.2) is 0 Å². The fourth-order valence-corrected chi connectivity index (χ4v) is 5.84. The average Bonchev–Trinajstić information content (AvgIpc) is 2.95. The number of rotatable bonds is 3. The Morgan fingerprint density at radius 3 is 2.68 bits per heavy atom. The minimum absolute atomic E-state index is 0.822. The first-order chi connectivity index (χ1) is 9.33. The van der Waals surface area contributed by atoms with Gasteiger partial charge in [-0.05, 0) is 31.4 Å². The second kappa shape index (κ2) is 7.01. The van der Waals surface area contributed by atoms with E-state index in [1.54, 1.807) is 0 Å². The maximum atomic E-state index is 5.57. The molecule has 0 aromatic heterocycles. The van der Waals surface area contributed by atoms with E-state index in [9.17, 15) is 0 Å². The van der Waals surface area contributed by atoms with Crippen molar-refractivity contribution < 1.29 is 0 Å². The Bertz CT molecular complexity index is 312. The summed E-state index contributed by atoms with van der Waals surface area (Å²) >= 11 is 9.60. The Balaban J connectivity index is 1.55. The maximum Gasteiger partial charge on any atom is 0.138 e. The number of thiocarbonyl (C=S) groups is 1. The molecule has 0 radical (unpaired) electrons. The summed E-state index contributed by atoms with van der Waals surface area (Å²) in [4.78, 5) is 5.15. The number of nitrogens with zero attached hydrogens (tertiary/aromatic N) is 2. The van der Waals surface area contributed by atoms with Gasteiger partial charge in [0.15, 0.2) is 0 Å². The average molecular weight is 317 g/mol. The lowest BCUT2D eigenvalue weighted by Gasteiger charge is -2.42. The van der Waals surface area contributed by atoms with E-state index in [0.29, 0.717) is 0 Å². The second-order valence-electron chi connectivity index (χ2n) is 5.92. The smallest absolute Gasteiger partial charge is 0.138 e. The Morgan fingerprint density at radius 2 is 1.95 bits per heavy atom. The minimum Gasteiger partial charge on any atom is -0.343 e. The van der Waals surface area contributed by atoms with Gasteiger partial charge in [-0.15, -0.1) is 0 Å². The predicted molar refractivity (Wildman–Crippen MR) is 90.8 cm³/mol. The molecule has 2 aliphatic heterocycles. The molecule has 1 atom stereocenters. The van der Waals surface area contributed by atoms with Crippen LogP contribution in [0.2, 0.25) is 0 Å². The molecule has 2 nitrogen and oxygen atoms in total. The third-order valence-electron chi connectivity index (χ3n) is 4.50. The van der Waals surface area contributed by atoms with Gasteiger partial charge in [0.1, 0.15) is 4.32 Å². The minimum atomic E-state index is 0.822. The summed E-state index contributed by atoms with van der Waals surface area (Å²) in [6.45, 7) is 2.27.